The van der Waals surface area contributed by atoms with E-state index >= 15 is 0 Å². The summed E-state index contributed by atoms with van der Waals surface area (Å²) in [6.07, 6.45) is 2.28. The summed E-state index contributed by atoms with van der Waals surface area (Å²) < 4.78 is 0. The van der Waals surface area contributed by atoms with Crippen LogP contribution in [-0.2, 0) is 0 Å². The Morgan fingerprint density at radius 3 is 2.45 bits per heavy atom. The Bertz CT molecular complexity index is 668. The van der Waals surface area contributed by atoms with Crippen LogP contribution in [0.4, 0.5) is 0 Å². The molecule has 0 saturated carbocycles. The second kappa shape index (κ2) is 6.62. The van der Waals surface area contributed by atoms with Crippen LogP contribution in [-0.4, -0.2) is 18.5 Å². The third-order valence-corrected chi connectivity index (χ3v) is 5.38. The van der Waals surface area contributed by atoms with Gasteiger partial charge in [0.15, 0.2) is 0 Å². The van der Waals surface area contributed by atoms with E-state index in [-0.39, 0.29) is 0 Å². The molecular weight excluding hydrogens is 313 g/mol. The number of hydrogen-bond acceptors (Lipinski definition) is 1. The van der Waals surface area contributed by atoms with Crippen molar-refractivity contribution in [2.24, 2.45) is 0 Å². The zero-order valence-corrected chi connectivity index (χ0v) is 14.5. The van der Waals surface area contributed by atoms with Crippen LogP contribution in [0.5, 0.6) is 0 Å². The Morgan fingerprint density at radius 1 is 1.05 bits per heavy atom. The van der Waals surface area contributed by atoms with Crippen LogP contribution < -0.4 is 0 Å². The first-order valence-corrected chi connectivity index (χ1v) is 8.61. The van der Waals surface area contributed by atoms with Crippen molar-refractivity contribution in [1.29, 1.82) is 0 Å². The van der Waals surface area contributed by atoms with Crippen LogP contribution in [0.3, 0.4) is 0 Å². The number of fused-ring (bicyclic) bond motifs is 1. The van der Waals surface area contributed by atoms with E-state index in [2.05, 4.69) is 49.2 Å². The molecule has 1 aliphatic rings. The first kappa shape index (κ1) is 15.9. The Kier molecular flexibility index (Phi) is 4.77. The summed E-state index contributed by atoms with van der Waals surface area (Å²) in [6.45, 7) is 3.35. The Morgan fingerprint density at radius 2 is 1.77 bits per heavy atom. The molecule has 116 valence electrons. The van der Waals surface area contributed by atoms with Gasteiger partial charge in [-0.3, -0.25) is 4.90 Å². The highest BCUT2D eigenvalue weighted by Gasteiger charge is 2.33. The van der Waals surface area contributed by atoms with E-state index in [1.165, 1.54) is 23.1 Å². The third-order valence-electron chi connectivity index (χ3n) is 4.64. The van der Waals surface area contributed by atoms with Crippen molar-refractivity contribution in [1.82, 2.24) is 4.90 Å². The summed E-state index contributed by atoms with van der Waals surface area (Å²) in [7, 11) is 2.22. The first-order valence-electron chi connectivity index (χ1n) is 7.85. The molecule has 0 bridgehead atoms. The van der Waals surface area contributed by atoms with E-state index in [9.17, 15) is 0 Å². The molecular formula is C19H21Cl2N. The smallest absolute Gasteiger partial charge is 0.0595 e. The maximum absolute atomic E-state index is 6.23. The fraction of sp³-hybridized carbons (Fsp3) is 0.368. The van der Waals surface area contributed by atoms with Gasteiger partial charge in [-0.15, -0.1) is 0 Å². The van der Waals surface area contributed by atoms with Crippen LogP contribution in [0.1, 0.15) is 48.4 Å². The normalized spacial score (nSPS) is 20.4. The SMILES string of the molecule is CCCN(C)[C@@H]1C[C@H](c2ccc(Cl)c(Cl)c2)c2ccccc21. The standard InChI is InChI=1S/C19H21Cl2N/c1-3-10-22(2)19-12-16(14-6-4-5-7-15(14)19)13-8-9-17(20)18(21)11-13/h4-9,11,16,19H,3,10,12H2,1-2H3/t16-,19-/m1/s1. The van der Waals surface area contributed by atoms with Gasteiger partial charge in [0.1, 0.15) is 0 Å². The van der Waals surface area contributed by atoms with Crippen LogP contribution in [0.2, 0.25) is 10.0 Å². The summed E-state index contributed by atoms with van der Waals surface area (Å²) in [5.41, 5.74) is 4.14. The van der Waals surface area contributed by atoms with Crippen LogP contribution >= 0.6 is 23.2 Å². The number of nitrogens with zero attached hydrogens (tertiary/aromatic N) is 1. The van der Waals surface area contributed by atoms with Crippen molar-refractivity contribution in [2.45, 2.75) is 31.7 Å². The average molecular weight is 334 g/mol. The molecule has 0 aromatic heterocycles. The molecule has 22 heavy (non-hydrogen) atoms. The van der Waals surface area contributed by atoms with Gasteiger partial charge >= 0.3 is 0 Å². The highest BCUT2D eigenvalue weighted by molar-refractivity contribution is 6.42. The maximum Gasteiger partial charge on any atom is 0.0595 e. The third kappa shape index (κ3) is 2.90. The summed E-state index contributed by atoms with van der Waals surface area (Å²) >= 11 is 12.3. The minimum Gasteiger partial charge on any atom is -0.299 e. The summed E-state index contributed by atoms with van der Waals surface area (Å²) in [4.78, 5) is 2.47. The number of hydrogen-bond donors (Lipinski definition) is 0. The molecule has 0 N–H and O–H groups in total. The molecule has 0 spiro atoms. The zero-order valence-electron chi connectivity index (χ0n) is 13.0. The van der Waals surface area contributed by atoms with E-state index < -0.39 is 0 Å². The van der Waals surface area contributed by atoms with E-state index in [0.29, 0.717) is 22.0 Å². The summed E-state index contributed by atoms with van der Waals surface area (Å²) in [6, 6.07) is 15.3. The van der Waals surface area contributed by atoms with Gasteiger partial charge in [-0.2, -0.15) is 0 Å². The highest BCUT2D eigenvalue weighted by atomic mass is 35.5. The van der Waals surface area contributed by atoms with E-state index in [0.717, 1.165) is 13.0 Å². The molecule has 2 atom stereocenters. The van der Waals surface area contributed by atoms with Crippen molar-refractivity contribution in [3.63, 3.8) is 0 Å². The van der Waals surface area contributed by atoms with Gasteiger partial charge in [-0.05, 0) is 55.3 Å². The molecule has 0 radical (unpaired) electrons. The lowest BCUT2D eigenvalue weighted by atomic mass is 9.93. The van der Waals surface area contributed by atoms with Gasteiger partial charge < -0.3 is 0 Å². The molecule has 2 aromatic carbocycles. The van der Waals surface area contributed by atoms with Crippen LogP contribution in [0, 0.1) is 0 Å². The Balaban J connectivity index is 1.98. The monoisotopic (exact) mass is 333 g/mol. The van der Waals surface area contributed by atoms with E-state index in [1.807, 2.05) is 12.1 Å². The largest absolute Gasteiger partial charge is 0.299 e. The second-order valence-electron chi connectivity index (χ2n) is 6.09. The lowest BCUT2D eigenvalue weighted by molar-refractivity contribution is 0.241. The molecule has 1 nitrogen and oxygen atoms in total. The first-order chi connectivity index (χ1) is 10.6. The Labute approximate surface area is 142 Å². The fourth-order valence-electron chi connectivity index (χ4n) is 3.58. The number of benzene rings is 2. The van der Waals surface area contributed by atoms with E-state index in [4.69, 9.17) is 23.2 Å². The van der Waals surface area contributed by atoms with Gasteiger partial charge in [0.05, 0.1) is 10.0 Å². The lowest BCUT2D eigenvalue weighted by Crippen LogP contribution is -2.23. The molecule has 0 heterocycles. The molecule has 0 unspecified atom stereocenters. The maximum atomic E-state index is 6.23. The molecule has 3 rings (SSSR count). The predicted molar refractivity (Wildman–Crippen MR) is 95.0 cm³/mol. The molecule has 0 saturated heterocycles. The zero-order chi connectivity index (χ0) is 15.7. The summed E-state index contributed by atoms with van der Waals surface area (Å²) in [5.74, 6) is 0.398. The van der Waals surface area contributed by atoms with Crippen molar-refractivity contribution in [3.8, 4) is 0 Å². The quantitative estimate of drug-likeness (QED) is 0.672. The van der Waals surface area contributed by atoms with Gasteiger partial charge in [-0.1, -0.05) is 60.5 Å². The predicted octanol–water partition coefficient (Wildman–Crippen LogP) is 5.91. The number of halogens is 2. The topological polar surface area (TPSA) is 3.24 Å². The minimum absolute atomic E-state index is 0.398. The van der Waals surface area contributed by atoms with Gasteiger partial charge in [0, 0.05) is 12.0 Å². The van der Waals surface area contributed by atoms with Crippen molar-refractivity contribution in [2.75, 3.05) is 13.6 Å². The number of rotatable bonds is 4. The fourth-order valence-corrected chi connectivity index (χ4v) is 3.89. The molecule has 3 heteroatoms. The van der Waals surface area contributed by atoms with Crippen LogP contribution in [0.25, 0.3) is 0 Å². The Hall–Kier alpha value is -1.02. The highest BCUT2D eigenvalue weighted by Crippen LogP contribution is 2.46. The van der Waals surface area contributed by atoms with Crippen molar-refractivity contribution >= 4 is 23.2 Å². The van der Waals surface area contributed by atoms with E-state index in [1.54, 1.807) is 0 Å². The second-order valence-corrected chi connectivity index (χ2v) is 6.90. The van der Waals surface area contributed by atoms with Gasteiger partial charge in [-0.25, -0.2) is 0 Å². The molecule has 1 aliphatic carbocycles. The van der Waals surface area contributed by atoms with Crippen molar-refractivity contribution in [3.05, 3.63) is 69.2 Å². The summed E-state index contributed by atoms with van der Waals surface area (Å²) in [5, 5.41) is 1.26. The minimum atomic E-state index is 0.398. The average Bonchev–Trinajstić information content (AvgIpc) is 2.90. The molecule has 0 aliphatic heterocycles. The molecule has 0 fully saturated rings. The van der Waals surface area contributed by atoms with Gasteiger partial charge in [0.25, 0.3) is 0 Å². The van der Waals surface area contributed by atoms with Crippen LogP contribution in [0.15, 0.2) is 42.5 Å². The molecule has 2 aromatic rings. The lowest BCUT2D eigenvalue weighted by Gasteiger charge is -2.25. The van der Waals surface area contributed by atoms with Crippen molar-refractivity contribution < 1.29 is 0 Å². The molecule has 0 amide bonds. The van der Waals surface area contributed by atoms with Gasteiger partial charge in [0.2, 0.25) is 0 Å².